The average molecular weight is 250 g/mol. The highest BCUT2D eigenvalue weighted by molar-refractivity contribution is 5.88. The molecule has 2 rings (SSSR count). The molecule has 0 saturated carbocycles. The number of carbonyl (C=O) groups is 1. The van der Waals surface area contributed by atoms with Crippen molar-refractivity contribution >= 4 is 5.97 Å². The van der Waals surface area contributed by atoms with Gasteiger partial charge >= 0.3 is 5.97 Å². The summed E-state index contributed by atoms with van der Waals surface area (Å²) in [4.78, 5) is 10.7. The Hall–Kier alpha value is -2.31. The number of halogens is 1. The van der Waals surface area contributed by atoms with Gasteiger partial charge in [0.25, 0.3) is 0 Å². The summed E-state index contributed by atoms with van der Waals surface area (Å²) in [6, 6.07) is 3.76. The van der Waals surface area contributed by atoms with Gasteiger partial charge in [-0.05, 0) is 22.6 Å². The monoisotopic (exact) mass is 250 g/mol. The summed E-state index contributed by atoms with van der Waals surface area (Å²) in [5.41, 5.74) is 0.0177. The lowest BCUT2D eigenvalue weighted by Gasteiger charge is -2.07. The fourth-order valence-electron chi connectivity index (χ4n) is 1.55. The van der Waals surface area contributed by atoms with Crippen LogP contribution >= 0.6 is 0 Å². The van der Waals surface area contributed by atoms with Gasteiger partial charge in [-0.25, -0.2) is 9.18 Å². The first kappa shape index (κ1) is 12.2. The van der Waals surface area contributed by atoms with Crippen molar-refractivity contribution in [3.63, 3.8) is 0 Å². The van der Waals surface area contributed by atoms with E-state index < -0.39 is 11.8 Å². The van der Waals surface area contributed by atoms with Gasteiger partial charge in [-0.3, -0.25) is 0 Å². The van der Waals surface area contributed by atoms with Crippen LogP contribution in [0.4, 0.5) is 4.39 Å². The molecule has 18 heavy (non-hydrogen) atoms. The first-order chi connectivity index (χ1) is 8.50. The van der Waals surface area contributed by atoms with E-state index in [1.165, 1.54) is 16.8 Å². The van der Waals surface area contributed by atoms with Gasteiger partial charge in [-0.15, -0.1) is 5.10 Å². The van der Waals surface area contributed by atoms with Crippen LogP contribution in [0.5, 0.6) is 0 Å². The number of tetrazole rings is 1. The number of carboxylic acid groups (broad SMARTS) is 1. The Balaban J connectivity index is 2.49. The van der Waals surface area contributed by atoms with Crippen molar-refractivity contribution in [2.24, 2.45) is 0 Å². The highest BCUT2D eigenvalue weighted by atomic mass is 19.1. The van der Waals surface area contributed by atoms with Crippen LogP contribution in [0.2, 0.25) is 0 Å². The highest BCUT2D eigenvalue weighted by Gasteiger charge is 2.15. The van der Waals surface area contributed by atoms with Crippen molar-refractivity contribution in [2.45, 2.75) is 19.8 Å². The number of nitrogens with zero attached hydrogens (tertiary/aromatic N) is 4. The Bertz CT molecular complexity index is 594. The summed E-state index contributed by atoms with van der Waals surface area (Å²) >= 11 is 0. The van der Waals surface area contributed by atoms with Crippen LogP contribution < -0.4 is 0 Å². The molecular weight excluding hydrogens is 239 g/mol. The fraction of sp³-hybridized carbons (Fsp3) is 0.273. The van der Waals surface area contributed by atoms with Crippen LogP contribution in [0, 0.1) is 5.82 Å². The number of hydrogen-bond acceptors (Lipinski definition) is 4. The molecule has 0 fully saturated rings. The lowest BCUT2D eigenvalue weighted by atomic mass is 10.1. The third kappa shape index (κ3) is 2.06. The van der Waals surface area contributed by atoms with Gasteiger partial charge in [0.2, 0.25) is 0 Å². The minimum Gasteiger partial charge on any atom is -0.478 e. The van der Waals surface area contributed by atoms with E-state index in [1.807, 2.05) is 13.8 Å². The molecule has 0 aliphatic heterocycles. The van der Waals surface area contributed by atoms with E-state index in [0.717, 1.165) is 6.07 Å². The Kier molecular flexibility index (Phi) is 3.05. The second kappa shape index (κ2) is 4.52. The van der Waals surface area contributed by atoms with E-state index in [2.05, 4.69) is 15.5 Å². The number of rotatable bonds is 3. The minimum absolute atomic E-state index is 0.0715. The van der Waals surface area contributed by atoms with E-state index >= 15 is 0 Å². The summed E-state index contributed by atoms with van der Waals surface area (Å²) in [5, 5.41) is 19.9. The predicted octanol–water partition coefficient (Wildman–Crippen LogP) is 1.62. The van der Waals surface area contributed by atoms with E-state index in [4.69, 9.17) is 5.11 Å². The zero-order chi connectivity index (χ0) is 13.3. The number of benzene rings is 1. The van der Waals surface area contributed by atoms with Crippen LogP contribution in [0.3, 0.4) is 0 Å². The van der Waals surface area contributed by atoms with Crippen LogP contribution in [0.1, 0.15) is 35.9 Å². The van der Waals surface area contributed by atoms with Gasteiger partial charge in [-0.2, -0.15) is 4.68 Å². The summed E-state index contributed by atoms with van der Waals surface area (Å²) in [7, 11) is 0. The molecule has 1 aromatic heterocycles. The molecule has 0 bridgehead atoms. The maximum Gasteiger partial charge on any atom is 0.338 e. The quantitative estimate of drug-likeness (QED) is 0.895. The van der Waals surface area contributed by atoms with Crippen molar-refractivity contribution in [1.29, 1.82) is 0 Å². The molecule has 0 aliphatic rings. The molecule has 0 spiro atoms. The lowest BCUT2D eigenvalue weighted by molar-refractivity contribution is 0.0692. The zero-order valence-electron chi connectivity index (χ0n) is 9.83. The molecule has 1 N–H and O–H groups in total. The smallest absolute Gasteiger partial charge is 0.338 e. The second-order valence-electron chi connectivity index (χ2n) is 4.07. The average Bonchev–Trinajstić information content (AvgIpc) is 2.77. The Morgan fingerprint density at radius 2 is 2.17 bits per heavy atom. The first-order valence-electron chi connectivity index (χ1n) is 5.32. The molecular formula is C11H11FN4O2. The van der Waals surface area contributed by atoms with Crippen LogP contribution in [-0.4, -0.2) is 31.3 Å². The Morgan fingerprint density at radius 3 is 2.72 bits per heavy atom. The first-order valence-corrected chi connectivity index (χ1v) is 5.32. The standard InChI is InChI=1S/C11H11FN4O2/c1-6(2)10-13-14-15-16(10)7-3-4-8(11(17)18)9(12)5-7/h3-6H,1-2H3,(H,17,18). The van der Waals surface area contributed by atoms with Gasteiger partial charge < -0.3 is 5.11 Å². The third-order valence-electron chi connectivity index (χ3n) is 2.44. The summed E-state index contributed by atoms with van der Waals surface area (Å²) < 4.78 is 15.0. The molecule has 1 aromatic carbocycles. The van der Waals surface area contributed by atoms with Crippen molar-refractivity contribution in [3.05, 3.63) is 35.4 Å². The van der Waals surface area contributed by atoms with Crippen molar-refractivity contribution in [3.8, 4) is 5.69 Å². The normalized spacial score (nSPS) is 10.9. The topological polar surface area (TPSA) is 80.9 Å². The lowest BCUT2D eigenvalue weighted by Crippen LogP contribution is -2.07. The maximum atomic E-state index is 13.6. The number of hydrogen-bond donors (Lipinski definition) is 1. The molecule has 7 heteroatoms. The van der Waals surface area contributed by atoms with Crippen LogP contribution in [0.15, 0.2) is 18.2 Å². The molecule has 0 amide bonds. The molecule has 2 aromatic rings. The molecule has 0 atom stereocenters. The highest BCUT2D eigenvalue weighted by Crippen LogP contribution is 2.17. The van der Waals surface area contributed by atoms with Crippen molar-refractivity contribution in [2.75, 3.05) is 0 Å². The molecule has 0 saturated heterocycles. The second-order valence-corrected chi connectivity index (χ2v) is 4.07. The molecule has 1 heterocycles. The van der Waals surface area contributed by atoms with Gasteiger partial charge in [0.1, 0.15) is 5.82 Å². The van der Waals surface area contributed by atoms with Crippen LogP contribution in [0.25, 0.3) is 5.69 Å². The Labute approximate surface area is 102 Å². The third-order valence-corrected chi connectivity index (χ3v) is 2.44. The molecule has 0 aliphatic carbocycles. The summed E-state index contributed by atoms with van der Waals surface area (Å²) in [6.07, 6.45) is 0. The number of carboxylic acids is 1. The minimum atomic E-state index is -1.31. The molecule has 0 unspecified atom stereocenters. The van der Waals surface area contributed by atoms with E-state index in [-0.39, 0.29) is 11.5 Å². The Morgan fingerprint density at radius 1 is 1.44 bits per heavy atom. The zero-order valence-corrected chi connectivity index (χ0v) is 9.83. The van der Waals surface area contributed by atoms with Gasteiger partial charge in [0, 0.05) is 12.0 Å². The SMILES string of the molecule is CC(C)c1nnnn1-c1ccc(C(=O)O)c(F)c1. The molecule has 6 nitrogen and oxygen atoms in total. The molecule has 0 radical (unpaired) electrons. The number of aromatic nitrogens is 4. The van der Waals surface area contributed by atoms with E-state index in [0.29, 0.717) is 11.5 Å². The summed E-state index contributed by atoms with van der Waals surface area (Å²) in [6.45, 7) is 3.81. The van der Waals surface area contributed by atoms with E-state index in [1.54, 1.807) is 0 Å². The van der Waals surface area contributed by atoms with Crippen molar-refractivity contribution in [1.82, 2.24) is 20.2 Å². The summed E-state index contributed by atoms with van der Waals surface area (Å²) in [5.74, 6) is -1.47. The van der Waals surface area contributed by atoms with Gasteiger partial charge in [0.05, 0.1) is 11.3 Å². The largest absolute Gasteiger partial charge is 0.478 e. The predicted molar refractivity (Wildman–Crippen MR) is 60.2 cm³/mol. The van der Waals surface area contributed by atoms with Gasteiger partial charge in [0.15, 0.2) is 5.82 Å². The van der Waals surface area contributed by atoms with E-state index in [9.17, 15) is 9.18 Å². The fourth-order valence-corrected chi connectivity index (χ4v) is 1.55. The number of aromatic carboxylic acids is 1. The molecule has 94 valence electrons. The maximum absolute atomic E-state index is 13.6. The van der Waals surface area contributed by atoms with Crippen LogP contribution in [-0.2, 0) is 0 Å². The van der Waals surface area contributed by atoms with Gasteiger partial charge in [-0.1, -0.05) is 13.8 Å². The van der Waals surface area contributed by atoms with Crippen molar-refractivity contribution < 1.29 is 14.3 Å².